The molecule has 0 spiro atoms. The standard InChI is InChI=1S/C18H21N3O2S/c1-12-6-11-16(17(21-22)20-13-4-3-5-13)18(19-12)23-14-7-9-15(24-2)10-8-14/h6-11,13,22H,3-5H2,1-2H3,(H,20,21). The zero-order valence-corrected chi connectivity index (χ0v) is 14.6. The van der Waals surface area contributed by atoms with Crippen molar-refractivity contribution in [2.45, 2.75) is 37.1 Å². The minimum absolute atomic E-state index is 0.259. The van der Waals surface area contributed by atoms with Crippen molar-refractivity contribution in [1.82, 2.24) is 10.5 Å². The average Bonchev–Trinajstić information content (AvgIpc) is 2.56. The lowest BCUT2D eigenvalue weighted by molar-refractivity contribution is 0.232. The van der Waals surface area contributed by atoms with Crippen molar-refractivity contribution in [2.75, 3.05) is 6.26 Å². The fourth-order valence-corrected chi connectivity index (χ4v) is 2.81. The van der Waals surface area contributed by atoms with Crippen LogP contribution in [0.4, 0.5) is 0 Å². The number of hydrogen-bond acceptors (Lipinski definition) is 5. The van der Waals surface area contributed by atoms with Crippen molar-refractivity contribution in [3.05, 3.63) is 47.7 Å². The molecular formula is C18H21N3O2S. The van der Waals surface area contributed by atoms with Gasteiger partial charge in [0.1, 0.15) is 5.75 Å². The summed E-state index contributed by atoms with van der Waals surface area (Å²) in [6.07, 6.45) is 5.32. The molecule has 24 heavy (non-hydrogen) atoms. The van der Waals surface area contributed by atoms with Gasteiger partial charge in [0.05, 0.1) is 11.6 Å². The first-order valence-corrected chi connectivity index (χ1v) is 9.20. The number of benzene rings is 1. The van der Waals surface area contributed by atoms with Crippen molar-refractivity contribution in [1.29, 1.82) is 0 Å². The Morgan fingerprint density at radius 2 is 2.00 bits per heavy atom. The largest absolute Gasteiger partial charge is 0.438 e. The second kappa shape index (κ2) is 7.68. The highest BCUT2D eigenvalue weighted by molar-refractivity contribution is 7.98. The first kappa shape index (κ1) is 16.8. The number of ether oxygens (including phenoxy) is 1. The summed E-state index contributed by atoms with van der Waals surface area (Å²) >= 11 is 1.68. The summed E-state index contributed by atoms with van der Waals surface area (Å²) in [5.74, 6) is 1.54. The van der Waals surface area contributed by atoms with Crippen LogP contribution >= 0.6 is 11.8 Å². The van der Waals surface area contributed by atoms with Crippen LogP contribution in [0.2, 0.25) is 0 Å². The number of aromatic nitrogens is 1. The molecule has 1 aromatic carbocycles. The third kappa shape index (κ3) is 3.88. The van der Waals surface area contributed by atoms with Crippen molar-refractivity contribution in [2.24, 2.45) is 4.99 Å². The van der Waals surface area contributed by atoms with Crippen LogP contribution in [0.3, 0.4) is 0 Å². The highest BCUT2D eigenvalue weighted by atomic mass is 32.2. The summed E-state index contributed by atoms with van der Waals surface area (Å²) in [5, 5.41) is 9.51. The van der Waals surface area contributed by atoms with Gasteiger partial charge in [-0.25, -0.2) is 4.98 Å². The topological polar surface area (TPSA) is 66.7 Å². The number of rotatable bonds is 5. The molecule has 0 radical (unpaired) electrons. The fourth-order valence-electron chi connectivity index (χ4n) is 2.40. The first-order valence-electron chi connectivity index (χ1n) is 7.97. The maximum Gasteiger partial charge on any atom is 0.230 e. The minimum Gasteiger partial charge on any atom is -0.438 e. The summed E-state index contributed by atoms with van der Waals surface area (Å²) in [6.45, 7) is 1.91. The van der Waals surface area contributed by atoms with Crippen LogP contribution in [0.1, 0.15) is 30.5 Å². The van der Waals surface area contributed by atoms with Crippen LogP contribution in [0.5, 0.6) is 11.6 Å². The summed E-state index contributed by atoms with van der Waals surface area (Å²) in [7, 11) is 0. The second-order valence-corrected chi connectivity index (χ2v) is 6.64. The molecule has 1 aliphatic carbocycles. The normalized spacial score (nSPS) is 15.0. The van der Waals surface area contributed by atoms with Crippen molar-refractivity contribution in [3.63, 3.8) is 0 Å². The van der Waals surface area contributed by atoms with E-state index in [1.807, 2.05) is 49.6 Å². The van der Waals surface area contributed by atoms with Crippen LogP contribution in [0.25, 0.3) is 0 Å². The maximum atomic E-state index is 9.51. The fraction of sp³-hybridized carbons (Fsp3) is 0.333. The van der Waals surface area contributed by atoms with Crippen LogP contribution in [-0.4, -0.2) is 28.3 Å². The predicted octanol–water partition coefficient (Wildman–Crippen LogP) is 4.18. The summed E-state index contributed by atoms with van der Waals surface area (Å²) in [6, 6.07) is 11.8. The summed E-state index contributed by atoms with van der Waals surface area (Å²) < 4.78 is 5.95. The highest BCUT2D eigenvalue weighted by Crippen LogP contribution is 2.28. The number of thioether (sulfide) groups is 1. The lowest BCUT2D eigenvalue weighted by Crippen LogP contribution is -2.26. The van der Waals surface area contributed by atoms with Gasteiger partial charge in [-0.05, 0) is 68.8 Å². The van der Waals surface area contributed by atoms with Crippen molar-refractivity contribution < 1.29 is 9.94 Å². The van der Waals surface area contributed by atoms with Crippen molar-refractivity contribution >= 4 is 17.6 Å². The van der Waals surface area contributed by atoms with E-state index in [2.05, 4.69) is 15.5 Å². The van der Waals surface area contributed by atoms with Gasteiger partial charge < -0.3 is 4.74 Å². The van der Waals surface area contributed by atoms with Crippen LogP contribution in [0.15, 0.2) is 46.3 Å². The quantitative estimate of drug-likeness (QED) is 0.369. The van der Waals surface area contributed by atoms with E-state index >= 15 is 0 Å². The Kier molecular flexibility index (Phi) is 5.37. The lowest BCUT2D eigenvalue weighted by Gasteiger charge is -2.22. The van der Waals surface area contributed by atoms with Gasteiger partial charge in [0, 0.05) is 10.6 Å². The first-order chi connectivity index (χ1) is 11.7. The molecule has 0 atom stereocenters. The number of amidine groups is 1. The van der Waals surface area contributed by atoms with Gasteiger partial charge in [-0.15, -0.1) is 11.8 Å². The molecule has 1 heterocycles. The Labute approximate surface area is 146 Å². The Morgan fingerprint density at radius 3 is 2.58 bits per heavy atom. The number of pyridine rings is 1. The molecule has 1 saturated carbocycles. The van der Waals surface area contributed by atoms with E-state index in [4.69, 9.17) is 4.74 Å². The number of hydroxylamine groups is 1. The molecule has 126 valence electrons. The van der Waals surface area contributed by atoms with E-state index in [9.17, 15) is 5.21 Å². The van der Waals surface area contributed by atoms with E-state index in [0.29, 0.717) is 23.0 Å². The van der Waals surface area contributed by atoms with E-state index in [0.717, 1.165) is 18.5 Å². The Hall–Kier alpha value is -2.05. The van der Waals surface area contributed by atoms with Crippen LogP contribution in [-0.2, 0) is 0 Å². The van der Waals surface area contributed by atoms with Gasteiger partial charge in [-0.1, -0.05) is 0 Å². The minimum atomic E-state index is 0.259. The Balaban J connectivity index is 1.90. The van der Waals surface area contributed by atoms with Crippen molar-refractivity contribution in [3.8, 4) is 11.6 Å². The van der Waals surface area contributed by atoms with E-state index in [1.54, 1.807) is 11.8 Å². The number of aliphatic imine (C=N–C) groups is 1. The molecular weight excluding hydrogens is 322 g/mol. The molecule has 1 fully saturated rings. The number of aryl methyl sites for hydroxylation is 1. The van der Waals surface area contributed by atoms with Gasteiger partial charge in [-0.3, -0.25) is 15.7 Å². The maximum absolute atomic E-state index is 9.51. The molecule has 0 amide bonds. The molecule has 0 bridgehead atoms. The van der Waals surface area contributed by atoms with Crippen LogP contribution in [0, 0.1) is 6.92 Å². The third-order valence-corrected chi connectivity index (χ3v) is 4.76. The second-order valence-electron chi connectivity index (χ2n) is 5.76. The molecule has 0 unspecified atom stereocenters. The molecule has 5 nitrogen and oxygen atoms in total. The van der Waals surface area contributed by atoms with E-state index < -0.39 is 0 Å². The number of nitrogens with zero attached hydrogens (tertiary/aromatic N) is 2. The van der Waals surface area contributed by atoms with Gasteiger partial charge in [0.2, 0.25) is 5.88 Å². The summed E-state index contributed by atoms with van der Waals surface area (Å²) in [4.78, 5) is 10.2. The highest BCUT2D eigenvalue weighted by Gasteiger charge is 2.20. The van der Waals surface area contributed by atoms with E-state index in [1.165, 1.54) is 11.3 Å². The monoisotopic (exact) mass is 343 g/mol. The molecule has 3 rings (SSSR count). The molecule has 0 saturated heterocycles. The SMILES string of the molecule is CSc1ccc(Oc2nc(C)ccc2C(=NC2CCC2)NO)cc1. The molecule has 1 aliphatic rings. The Bertz CT molecular complexity index is 728. The van der Waals surface area contributed by atoms with Gasteiger partial charge >= 0.3 is 0 Å². The smallest absolute Gasteiger partial charge is 0.230 e. The molecule has 2 aromatic rings. The molecule has 6 heteroatoms. The number of hydrogen-bond donors (Lipinski definition) is 2. The van der Waals surface area contributed by atoms with Crippen LogP contribution < -0.4 is 10.2 Å². The molecule has 2 N–H and O–H groups in total. The summed E-state index contributed by atoms with van der Waals surface area (Å²) in [5.41, 5.74) is 3.71. The third-order valence-electron chi connectivity index (χ3n) is 4.02. The molecule has 0 aliphatic heterocycles. The zero-order chi connectivity index (χ0) is 16.9. The van der Waals surface area contributed by atoms with Gasteiger partial charge in [0.25, 0.3) is 0 Å². The predicted molar refractivity (Wildman–Crippen MR) is 96.4 cm³/mol. The zero-order valence-electron chi connectivity index (χ0n) is 13.8. The van der Waals surface area contributed by atoms with Gasteiger partial charge in [-0.2, -0.15) is 0 Å². The average molecular weight is 343 g/mol. The van der Waals surface area contributed by atoms with E-state index in [-0.39, 0.29) is 6.04 Å². The number of nitrogens with one attached hydrogen (secondary N) is 1. The Morgan fingerprint density at radius 1 is 1.25 bits per heavy atom. The molecule has 1 aromatic heterocycles. The van der Waals surface area contributed by atoms with Gasteiger partial charge in [0.15, 0.2) is 5.84 Å². The lowest BCUT2D eigenvalue weighted by atomic mass is 9.94.